The quantitative estimate of drug-likeness (QED) is 0.530. The summed E-state index contributed by atoms with van der Waals surface area (Å²) in [6, 6.07) is 0. The summed E-state index contributed by atoms with van der Waals surface area (Å²) in [5.74, 6) is -0.684. The minimum atomic E-state index is -0.415. The molecular weight excluding hydrogens is 202 g/mol. The number of rotatable bonds is 5. The maximum Gasteiger partial charge on any atom is 0.325 e. The second kappa shape index (κ2) is 6.70. The molecule has 0 saturated carbocycles. The van der Waals surface area contributed by atoms with Crippen LogP contribution in [0.25, 0.3) is 0 Å². The van der Waals surface area contributed by atoms with Crippen LogP contribution in [0.1, 0.15) is 27.2 Å². The highest BCUT2D eigenvalue weighted by molar-refractivity contribution is 7.81. The first-order chi connectivity index (χ1) is 6.47. The predicted octanol–water partition coefficient (Wildman–Crippen LogP) is 0.763. The number of hydrogen-bond donors (Lipinski definition) is 2. The van der Waals surface area contributed by atoms with Crippen molar-refractivity contribution in [3.05, 3.63) is 0 Å². The number of thiol groups is 1. The van der Waals surface area contributed by atoms with E-state index in [1.807, 2.05) is 6.92 Å². The molecule has 4 nitrogen and oxygen atoms in total. The molecule has 0 aliphatic rings. The van der Waals surface area contributed by atoms with Crippen molar-refractivity contribution in [3.63, 3.8) is 0 Å². The Balaban J connectivity index is 3.69. The van der Waals surface area contributed by atoms with Crippen LogP contribution in [-0.4, -0.2) is 29.8 Å². The summed E-state index contributed by atoms with van der Waals surface area (Å²) in [5, 5.41) is 2.01. The molecular formula is C9H17NO3S. The molecule has 1 N–H and O–H groups in total. The Kier molecular flexibility index (Phi) is 6.36. The fraction of sp³-hybridized carbons (Fsp3) is 0.778. The smallest absolute Gasteiger partial charge is 0.325 e. The third-order valence-corrected chi connectivity index (χ3v) is 1.93. The van der Waals surface area contributed by atoms with Crippen molar-refractivity contribution < 1.29 is 14.3 Å². The first-order valence-electron chi connectivity index (χ1n) is 4.62. The van der Waals surface area contributed by atoms with Crippen LogP contribution in [0.5, 0.6) is 0 Å². The lowest BCUT2D eigenvalue weighted by molar-refractivity contribution is -0.148. The number of amides is 1. The topological polar surface area (TPSA) is 55.4 Å². The van der Waals surface area contributed by atoms with Gasteiger partial charge in [-0.2, -0.15) is 12.6 Å². The molecule has 0 rings (SSSR count). The van der Waals surface area contributed by atoms with E-state index in [-0.39, 0.29) is 18.6 Å². The molecule has 0 bridgehead atoms. The van der Waals surface area contributed by atoms with Gasteiger partial charge in [-0.1, -0.05) is 6.92 Å². The van der Waals surface area contributed by atoms with E-state index in [4.69, 9.17) is 4.74 Å². The largest absolute Gasteiger partial charge is 0.461 e. The molecule has 2 unspecified atom stereocenters. The van der Waals surface area contributed by atoms with Crippen molar-refractivity contribution in [2.75, 3.05) is 6.54 Å². The lowest BCUT2D eigenvalue weighted by atomic mass is 10.3. The van der Waals surface area contributed by atoms with E-state index in [1.54, 1.807) is 13.8 Å². The molecule has 5 heteroatoms. The minimum Gasteiger partial charge on any atom is -0.461 e. The molecule has 0 aromatic heterocycles. The molecule has 82 valence electrons. The van der Waals surface area contributed by atoms with Crippen LogP contribution in [0.3, 0.4) is 0 Å². The minimum absolute atomic E-state index is 0.0892. The van der Waals surface area contributed by atoms with Gasteiger partial charge in [-0.25, -0.2) is 0 Å². The monoisotopic (exact) mass is 219 g/mol. The van der Waals surface area contributed by atoms with Crippen LogP contribution in [0.4, 0.5) is 0 Å². The van der Waals surface area contributed by atoms with Gasteiger partial charge in [-0.15, -0.1) is 0 Å². The maximum absolute atomic E-state index is 11.1. The van der Waals surface area contributed by atoms with Crippen molar-refractivity contribution >= 4 is 24.5 Å². The SMILES string of the molecule is CCC(C)OC(=O)CNC(=O)C(C)S. The molecule has 0 aromatic carbocycles. The molecule has 0 radical (unpaired) electrons. The van der Waals surface area contributed by atoms with Crippen molar-refractivity contribution in [1.29, 1.82) is 0 Å². The molecule has 0 heterocycles. The van der Waals surface area contributed by atoms with Gasteiger partial charge in [-0.3, -0.25) is 9.59 Å². The van der Waals surface area contributed by atoms with E-state index in [1.165, 1.54) is 0 Å². The van der Waals surface area contributed by atoms with Crippen LogP contribution < -0.4 is 5.32 Å². The third kappa shape index (κ3) is 5.85. The maximum atomic E-state index is 11.1. The molecule has 2 atom stereocenters. The van der Waals surface area contributed by atoms with E-state index in [9.17, 15) is 9.59 Å². The standard InChI is InChI=1S/C9H17NO3S/c1-4-6(2)13-8(11)5-10-9(12)7(3)14/h6-7,14H,4-5H2,1-3H3,(H,10,12). The summed E-state index contributed by atoms with van der Waals surface area (Å²) in [6.07, 6.45) is 0.663. The molecule has 0 saturated heterocycles. The Morgan fingerprint density at radius 2 is 2.00 bits per heavy atom. The lowest BCUT2D eigenvalue weighted by Crippen LogP contribution is -2.35. The summed E-state index contributed by atoms with van der Waals surface area (Å²) in [7, 11) is 0. The highest BCUT2D eigenvalue weighted by Crippen LogP contribution is 1.96. The third-order valence-electron chi connectivity index (χ3n) is 1.69. The van der Waals surface area contributed by atoms with Crippen LogP contribution in [0.15, 0.2) is 0 Å². The van der Waals surface area contributed by atoms with Gasteiger partial charge in [0, 0.05) is 0 Å². The van der Waals surface area contributed by atoms with Crippen molar-refractivity contribution in [3.8, 4) is 0 Å². The Hall–Kier alpha value is -0.710. The molecule has 0 aliphatic carbocycles. The summed E-state index contributed by atoms with van der Waals surface area (Å²) in [6.45, 7) is 5.28. The second-order valence-corrected chi connectivity index (χ2v) is 3.88. The van der Waals surface area contributed by atoms with Gasteiger partial charge in [0.05, 0.1) is 11.4 Å². The highest BCUT2D eigenvalue weighted by atomic mass is 32.1. The van der Waals surface area contributed by atoms with Gasteiger partial charge in [-0.05, 0) is 20.3 Å². The van der Waals surface area contributed by atoms with E-state index in [0.717, 1.165) is 6.42 Å². The number of carbonyl (C=O) groups is 2. The average Bonchev–Trinajstić information content (AvgIpc) is 2.13. The Morgan fingerprint density at radius 1 is 1.43 bits per heavy atom. The van der Waals surface area contributed by atoms with Gasteiger partial charge >= 0.3 is 5.97 Å². The van der Waals surface area contributed by atoms with E-state index >= 15 is 0 Å². The van der Waals surface area contributed by atoms with Gasteiger partial charge < -0.3 is 10.1 Å². The highest BCUT2D eigenvalue weighted by Gasteiger charge is 2.11. The van der Waals surface area contributed by atoms with Crippen molar-refractivity contribution in [2.45, 2.75) is 38.5 Å². The summed E-state index contributed by atoms with van der Waals surface area (Å²) >= 11 is 3.92. The first-order valence-corrected chi connectivity index (χ1v) is 5.14. The Morgan fingerprint density at radius 3 is 2.43 bits per heavy atom. The number of hydrogen-bond acceptors (Lipinski definition) is 4. The van der Waals surface area contributed by atoms with E-state index < -0.39 is 11.2 Å². The Bertz CT molecular complexity index is 206. The summed E-state index contributed by atoms with van der Waals surface area (Å²) in [5.41, 5.74) is 0. The fourth-order valence-corrected chi connectivity index (χ4v) is 0.748. The molecule has 14 heavy (non-hydrogen) atoms. The van der Waals surface area contributed by atoms with Gasteiger partial charge in [0.25, 0.3) is 0 Å². The molecule has 0 aliphatic heterocycles. The summed E-state index contributed by atoms with van der Waals surface area (Å²) in [4.78, 5) is 22.1. The first kappa shape index (κ1) is 13.3. The number of carbonyl (C=O) groups excluding carboxylic acids is 2. The van der Waals surface area contributed by atoms with E-state index in [2.05, 4.69) is 17.9 Å². The van der Waals surface area contributed by atoms with E-state index in [0.29, 0.717) is 0 Å². The summed E-state index contributed by atoms with van der Waals surface area (Å²) < 4.78 is 4.95. The van der Waals surface area contributed by atoms with Gasteiger partial charge in [0.2, 0.25) is 5.91 Å². The fourth-order valence-electron chi connectivity index (χ4n) is 0.656. The molecule has 1 amide bonds. The van der Waals surface area contributed by atoms with Gasteiger partial charge in [0.15, 0.2) is 0 Å². The normalized spacial score (nSPS) is 14.3. The predicted molar refractivity (Wildman–Crippen MR) is 57.3 cm³/mol. The second-order valence-electron chi connectivity index (χ2n) is 3.10. The number of ether oxygens (including phenoxy) is 1. The average molecular weight is 219 g/mol. The number of esters is 1. The van der Waals surface area contributed by atoms with Crippen molar-refractivity contribution in [2.24, 2.45) is 0 Å². The van der Waals surface area contributed by atoms with Crippen LogP contribution in [0, 0.1) is 0 Å². The molecule has 0 aromatic rings. The lowest BCUT2D eigenvalue weighted by Gasteiger charge is -2.11. The molecule has 0 fully saturated rings. The van der Waals surface area contributed by atoms with Crippen molar-refractivity contribution in [1.82, 2.24) is 5.32 Å². The van der Waals surface area contributed by atoms with Crippen LogP contribution in [-0.2, 0) is 14.3 Å². The molecule has 0 spiro atoms. The van der Waals surface area contributed by atoms with Crippen LogP contribution in [0.2, 0.25) is 0 Å². The van der Waals surface area contributed by atoms with Gasteiger partial charge in [0.1, 0.15) is 6.54 Å². The Labute approximate surface area is 89.8 Å². The zero-order valence-corrected chi connectivity index (χ0v) is 9.64. The zero-order valence-electron chi connectivity index (χ0n) is 8.74. The zero-order chi connectivity index (χ0) is 11.1. The number of nitrogens with one attached hydrogen (secondary N) is 1. The van der Waals surface area contributed by atoms with Crippen LogP contribution >= 0.6 is 12.6 Å².